The number of aromatic nitrogens is 1. The van der Waals surface area contributed by atoms with E-state index >= 15 is 0 Å². The molecule has 0 unspecified atom stereocenters. The van der Waals surface area contributed by atoms with Gasteiger partial charge < -0.3 is 9.30 Å². The number of hydrogen-bond acceptors (Lipinski definition) is 3. The molecule has 0 bridgehead atoms. The number of thiophene rings is 1. The van der Waals surface area contributed by atoms with Crippen molar-refractivity contribution in [3.05, 3.63) is 56.8 Å². The second kappa shape index (κ2) is 6.45. The maximum absolute atomic E-state index is 13.8. The fourth-order valence-electron chi connectivity index (χ4n) is 2.48. The molecular formula is C16H10BrF4NO2S. The Kier molecular flexibility index (Phi) is 4.63. The number of benzene rings is 1. The molecule has 0 fully saturated rings. The molecule has 0 aliphatic rings. The van der Waals surface area contributed by atoms with Gasteiger partial charge >= 0.3 is 12.1 Å². The number of carbonyl (C=O) groups excluding carboxylic acids is 1. The molecule has 25 heavy (non-hydrogen) atoms. The highest BCUT2D eigenvalue weighted by molar-refractivity contribution is 9.10. The third-order valence-corrected chi connectivity index (χ3v) is 5.56. The minimum Gasteiger partial charge on any atom is -0.464 e. The lowest BCUT2D eigenvalue weighted by Gasteiger charge is -2.11. The van der Waals surface area contributed by atoms with Gasteiger partial charge in [-0.05, 0) is 39.7 Å². The Bertz CT molecular complexity index is 944. The third kappa shape index (κ3) is 3.30. The summed E-state index contributed by atoms with van der Waals surface area (Å²) in [6.07, 6.45) is -4.42. The zero-order chi connectivity index (χ0) is 18.4. The number of halogens is 5. The van der Waals surface area contributed by atoms with Gasteiger partial charge in [-0.2, -0.15) is 17.6 Å². The number of nitrogens with zero attached hydrogens (tertiary/aromatic N) is 1. The number of alkyl halides is 3. The molecular weight excluding hydrogens is 426 g/mol. The maximum Gasteiger partial charge on any atom is 0.416 e. The Labute approximate surface area is 151 Å². The van der Waals surface area contributed by atoms with Gasteiger partial charge in [-0.15, -0.1) is 11.3 Å². The second-order valence-electron chi connectivity index (χ2n) is 5.20. The topological polar surface area (TPSA) is 31.2 Å². The molecule has 0 aliphatic heterocycles. The van der Waals surface area contributed by atoms with Crippen LogP contribution in [0.15, 0.2) is 34.8 Å². The largest absolute Gasteiger partial charge is 0.464 e. The zero-order valence-electron chi connectivity index (χ0n) is 12.7. The van der Waals surface area contributed by atoms with Crippen LogP contribution < -0.4 is 0 Å². The van der Waals surface area contributed by atoms with Crippen molar-refractivity contribution < 1.29 is 27.1 Å². The van der Waals surface area contributed by atoms with Gasteiger partial charge in [0.15, 0.2) is 5.13 Å². The van der Waals surface area contributed by atoms with Crippen LogP contribution in [0.2, 0.25) is 0 Å². The van der Waals surface area contributed by atoms with Crippen LogP contribution in [0.5, 0.6) is 0 Å². The van der Waals surface area contributed by atoms with E-state index in [-0.39, 0.29) is 16.7 Å². The van der Waals surface area contributed by atoms with Crippen molar-refractivity contribution in [1.82, 2.24) is 4.57 Å². The number of esters is 1. The van der Waals surface area contributed by atoms with Crippen LogP contribution in [0.1, 0.15) is 21.6 Å². The van der Waals surface area contributed by atoms with E-state index in [1.807, 2.05) is 0 Å². The first kappa shape index (κ1) is 17.9. The van der Waals surface area contributed by atoms with Gasteiger partial charge in [-0.3, -0.25) is 0 Å². The van der Waals surface area contributed by atoms with Gasteiger partial charge in [0, 0.05) is 6.54 Å². The van der Waals surface area contributed by atoms with Gasteiger partial charge in [0.05, 0.1) is 27.4 Å². The van der Waals surface area contributed by atoms with Crippen molar-refractivity contribution in [3.8, 4) is 0 Å². The third-order valence-electron chi connectivity index (χ3n) is 3.66. The van der Waals surface area contributed by atoms with Crippen LogP contribution >= 0.6 is 27.3 Å². The predicted molar refractivity (Wildman–Crippen MR) is 89.4 cm³/mol. The number of hydrogen-bond donors (Lipinski definition) is 0. The molecule has 0 spiro atoms. The highest BCUT2D eigenvalue weighted by Gasteiger charge is 2.30. The van der Waals surface area contributed by atoms with Gasteiger partial charge in [0.1, 0.15) is 5.69 Å². The van der Waals surface area contributed by atoms with E-state index in [4.69, 9.17) is 4.74 Å². The Morgan fingerprint density at radius 2 is 1.92 bits per heavy atom. The van der Waals surface area contributed by atoms with Crippen LogP contribution in [0.25, 0.3) is 10.2 Å². The molecule has 0 saturated heterocycles. The summed E-state index contributed by atoms with van der Waals surface area (Å²) in [6, 6.07) is 6.09. The van der Waals surface area contributed by atoms with Crippen molar-refractivity contribution in [1.29, 1.82) is 0 Å². The van der Waals surface area contributed by atoms with E-state index in [0.29, 0.717) is 15.8 Å². The molecule has 2 aromatic heterocycles. The predicted octanol–water partition coefficient (Wildman–Crippen LogP) is 5.46. The highest BCUT2D eigenvalue weighted by atomic mass is 79.9. The average molecular weight is 436 g/mol. The van der Waals surface area contributed by atoms with E-state index in [2.05, 4.69) is 15.9 Å². The lowest BCUT2D eigenvalue weighted by Crippen LogP contribution is -2.12. The van der Waals surface area contributed by atoms with Crippen LogP contribution in [0.4, 0.5) is 17.6 Å². The van der Waals surface area contributed by atoms with E-state index in [1.54, 1.807) is 0 Å². The number of fused-ring (bicyclic) bond motifs is 1. The summed E-state index contributed by atoms with van der Waals surface area (Å²) in [5.41, 5.74) is 0.436. The number of methoxy groups -OCH3 is 1. The number of carbonyl (C=O) groups is 1. The molecule has 132 valence electrons. The number of rotatable bonds is 3. The van der Waals surface area contributed by atoms with E-state index in [9.17, 15) is 22.4 Å². The molecule has 3 nitrogen and oxygen atoms in total. The molecule has 9 heteroatoms. The summed E-state index contributed by atoms with van der Waals surface area (Å²) >= 11 is 4.02. The average Bonchev–Trinajstić information content (AvgIpc) is 3.04. The molecule has 1 aromatic carbocycles. The van der Waals surface area contributed by atoms with Gasteiger partial charge in [-0.1, -0.05) is 12.1 Å². The Morgan fingerprint density at radius 3 is 2.48 bits per heavy atom. The summed E-state index contributed by atoms with van der Waals surface area (Å²) in [5, 5.41) is -0.442. The van der Waals surface area contributed by atoms with E-state index in [0.717, 1.165) is 23.5 Å². The van der Waals surface area contributed by atoms with Crippen molar-refractivity contribution in [3.63, 3.8) is 0 Å². The van der Waals surface area contributed by atoms with Crippen LogP contribution in [0.3, 0.4) is 0 Å². The normalized spacial score (nSPS) is 11.9. The number of ether oxygens (including phenoxy) is 1. The Morgan fingerprint density at radius 1 is 1.28 bits per heavy atom. The standard InChI is InChI=1S/C16H10BrF4NO2S/c1-24-15(23)10-6-11-13(12(17)14(18)25-11)22(10)7-8-2-4-9(5-3-8)16(19,20)21/h2-6H,7H2,1H3. The fraction of sp³-hybridized carbons (Fsp3) is 0.188. The second-order valence-corrected chi connectivity index (χ2v) is 7.00. The molecule has 3 rings (SSSR count). The molecule has 0 atom stereocenters. The van der Waals surface area contributed by atoms with Crippen LogP contribution in [-0.4, -0.2) is 17.6 Å². The Hall–Kier alpha value is -1.87. The van der Waals surface area contributed by atoms with Gasteiger partial charge in [0.25, 0.3) is 0 Å². The molecule has 0 amide bonds. The lowest BCUT2D eigenvalue weighted by molar-refractivity contribution is -0.137. The van der Waals surface area contributed by atoms with Gasteiger partial charge in [0.2, 0.25) is 0 Å². The van der Waals surface area contributed by atoms with Crippen LogP contribution in [0, 0.1) is 5.13 Å². The zero-order valence-corrected chi connectivity index (χ0v) is 15.1. The quantitative estimate of drug-likeness (QED) is 0.404. The SMILES string of the molecule is COC(=O)c1cc2sc(F)c(Br)c2n1Cc1ccc(C(F)(F)F)cc1. The first-order chi connectivity index (χ1) is 11.7. The van der Waals surface area contributed by atoms with Crippen molar-refractivity contribution in [2.75, 3.05) is 7.11 Å². The summed E-state index contributed by atoms with van der Waals surface area (Å²) in [7, 11) is 1.22. The Balaban J connectivity index is 2.06. The summed E-state index contributed by atoms with van der Waals surface area (Å²) in [4.78, 5) is 12.0. The molecule has 0 saturated carbocycles. The van der Waals surface area contributed by atoms with E-state index < -0.39 is 22.8 Å². The first-order valence-electron chi connectivity index (χ1n) is 6.94. The highest BCUT2D eigenvalue weighted by Crippen LogP contribution is 2.37. The first-order valence-corrected chi connectivity index (χ1v) is 8.54. The van der Waals surface area contributed by atoms with Crippen molar-refractivity contribution in [2.24, 2.45) is 0 Å². The fourth-order valence-corrected chi connectivity index (χ4v) is 4.14. The molecule has 0 N–H and O–H groups in total. The molecule has 2 heterocycles. The summed E-state index contributed by atoms with van der Waals surface area (Å²) < 4.78 is 58.8. The van der Waals surface area contributed by atoms with Crippen molar-refractivity contribution in [2.45, 2.75) is 12.7 Å². The maximum atomic E-state index is 13.8. The van der Waals surface area contributed by atoms with Gasteiger partial charge in [-0.25, -0.2) is 4.79 Å². The summed E-state index contributed by atoms with van der Waals surface area (Å²) in [5.74, 6) is -0.609. The minimum atomic E-state index is -4.42. The molecule has 0 aliphatic carbocycles. The molecule has 0 radical (unpaired) electrons. The van der Waals surface area contributed by atoms with Crippen LogP contribution in [-0.2, 0) is 17.5 Å². The van der Waals surface area contributed by atoms with Crippen molar-refractivity contribution >= 4 is 43.5 Å². The van der Waals surface area contributed by atoms with E-state index in [1.165, 1.54) is 29.9 Å². The lowest BCUT2D eigenvalue weighted by atomic mass is 10.1. The monoisotopic (exact) mass is 435 g/mol. The smallest absolute Gasteiger partial charge is 0.416 e. The summed E-state index contributed by atoms with van der Waals surface area (Å²) in [6.45, 7) is 0.0981. The molecule has 3 aromatic rings. The minimum absolute atomic E-state index is 0.0981.